The Hall–Kier alpha value is -3.15. The molecule has 0 bridgehead atoms. The molecule has 0 amide bonds. The summed E-state index contributed by atoms with van der Waals surface area (Å²) in [4.78, 5) is 2.52. The highest BCUT2D eigenvalue weighted by atomic mass is 32.2. The Morgan fingerprint density at radius 2 is 1.72 bits per heavy atom. The lowest BCUT2D eigenvalue weighted by Gasteiger charge is -2.18. The molecule has 2 aliphatic heterocycles. The van der Waals surface area contributed by atoms with Gasteiger partial charge in [-0.15, -0.1) is 11.8 Å². The third kappa shape index (κ3) is 6.54. The number of phenols is 1. The summed E-state index contributed by atoms with van der Waals surface area (Å²) in [5.41, 5.74) is 8.12. The van der Waals surface area contributed by atoms with Gasteiger partial charge in [-0.25, -0.2) is 0 Å². The van der Waals surface area contributed by atoms with Crippen LogP contribution in [0.3, 0.4) is 0 Å². The number of aromatic hydroxyl groups is 1. The summed E-state index contributed by atoms with van der Waals surface area (Å²) in [7, 11) is 0. The van der Waals surface area contributed by atoms with E-state index in [0.717, 1.165) is 42.9 Å². The molecule has 0 saturated carbocycles. The van der Waals surface area contributed by atoms with Gasteiger partial charge in [0.15, 0.2) is 0 Å². The quantitative estimate of drug-likeness (QED) is 0.301. The first-order valence-electron chi connectivity index (χ1n) is 12.9. The second-order valence-corrected chi connectivity index (χ2v) is 10.8. The summed E-state index contributed by atoms with van der Waals surface area (Å²) in [6.07, 6.45) is 5.42. The summed E-state index contributed by atoms with van der Waals surface area (Å²) in [5, 5.41) is 19.6. The highest BCUT2D eigenvalue weighted by Gasteiger charge is 2.20. The molecule has 1 unspecified atom stereocenters. The topological polar surface area (TPSA) is 47.5 Å². The molecule has 4 nitrogen and oxygen atoms in total. The normalized spacial score (nSPS) is 17.6. The molecule has 5 heteroatoms. The summed E-state index contributed by atoms with van der Waals surface area (Å²) >= 11 is 1.77. The van der Waals surface area contributed by atoms with Gasteiger partial charge in [0.2, 0.25) is 0 Å². The lowest BCUT2D eigenvalue weighted by Crippen LogP contribution is -2.25. The molecular weight excluding hydrogens is 462 g/mol. The molecule has 36 heavy (non-hydrogen) atoms. The number of nitrogens with zero attached hydrogens (tertiary/aromatic N) is 1. The second kappa shape index (κ2) is 11.7. The number of rotatable bonds is 10. The number of aryl methyl sites for hydroxylation is 2. The monoisotopic (exact) mass is 497 g/mol. The smallest absolute Gasteiger partial charge is 0.115 e. The standard InChI is InChI=1S/C31H35N3OS/c1-23(32-28-14-10-25(11-15-28)21-34-17-5-6-18-34)30-22-36-31(33-30)20-27-19-29(35)16-13-26(27)12-9-24-7-3-2-4-8-24/h2-4,7-8,10-11,13-16,19,22,31-33,35H,1,5-6,9,12,17-18,20-21H2. The number of thioether (sulfide) groups is 1. The number of hydrogen-bond donors (Lipinski definition) is 3. The van der Waals surface area contributed by atoms with Crippen LogP contribution in [0.1, 0.15) is 35.1 Å². The average Bonchev–Trinajstić information content (AvgIpc) is 3.58. The van der Waals surface area contributed by atoms with Crippen LogP contribution in [0.4, 0.5) is 5.69 Å². The molecule has 186 valence electrons. The van der Waals surface area contributed by atoms with Crippen LogP contribution in [0, 0.1) is 0 Å². The first-order valence-corrected chi connectivity index (χ1v) is 13.8. The van der Waals surface area contributed by atoms with Crippen LogP contribution >= 0.6 is 11.8 Å². The highest BCUT2D eigenvalue weighted by Crippen LogP contribution is 2.30. The van der Waals surface area contributed by atoms with Crippen molar-refractivity contribution in [1.29, 1.82) is 0 Å². The minimum atomic E-state index is 0.207. The number of likely N-dealkylation sites (tertiary alicyclic amines) is 1. The van der Waals surface area contributed by atoms with Crippen LogP contribution in [-0.2, 0) is 25.8 Å². The van der Waals surface area contributed by atoms with Crippen LogP contribution in [0.25, 0.3) is 0 Å². The molecule has 0 radical (unpaired) electrons. The van der Waals surface area contributed by atoms with E-state index in [1.54, 1.807) is 17.8 Å². The van der Waals surface area contributed by atoms with Crippen LogP contribution < -0.4 is 10.6 Å². The fourth-order valence-electron chi connectivity index (χ4n) is 4.95. The molecule has 3 aromatic carbocycles. The van der Waals surface area contributed by atoms with Gasteiger partial charge >= 0.3 is 0 Å². The van der Waals surface area contributed by atoms with Crippen molar-refractivity contribution in [3.05, 3.63) is 118 Å². The third-order valence-corrected chi connectivity index (χ3v) is 7.95. The van der Waals surface area contributed by atoms with Crippen molar-refractivity contribution in [1.82, 2.24) is 10.2 Å². The SMILES string of the molecule is C=C(Nc1ccc(CN2CCCC2)cc1)C1=CSC(Cc2cc(O)ccc2CCc2ccccc2)N1. The maximum Gasteiger partial charge on any atom is 0.115 e. The summed E-state index contributed by atoms with van der Waals surface area (Å²) in [6.45, 7) is 7.74. The zero-order valence-corrected chi connectivity index (χ0v) is 21.6. The zero-order chi connectivity index (χ0) is 24.7. The molecule has 1 fully saturated rings. The maximum atomic E-state index is 10.1. The van der Waals surface area contributed by atoms with E-state index in [1.165, 1.54) is 48.2 Å². The predicted molar refractivity (Wildman–Crippen MR) is 152 cm³/mol. The van der Waals surface area contributed by atoms with Gasteiger partial charge in [0.1, 0.15) is 5.75 Å². The fourth-order valence-corrected chi connectivity index (χ4v) is 5.93. The molecular formula is C31H35N3OS. The first kappa shape index (κ1) is 24.5. The Kier molecular flexibility index (Phi) is 7.99. The molecule has 1 atom stereocenters. The zero-order valence-electron chi connectivity index (χ0n) is 20.7. The Morgan fingerprint density at radius 1 is 0.944 bits per heavy atom. The molecule has 3 aromatic rings. The van der Waals surface area contributed by atoms with Gasteiger partial charge in [0, 0.05) is 18.7 Å². The van der Waals surface area contributed by atoms with Crippen molar-refractivity contribution in [3.63, 3.8) is 0 Å². The first-order chi connectivity index (χ1) is 17.6. The van der Waals surface area contributed by atoms with E-state index in [9.17, 15) is 5.11 Å². The van der Waals surface area contributed by atoms with Gasteiger partial charge in [0.25, 0.3) is 0 Å². The van der Waals surface area contributed by atoms with Crippen molar-refractivity contribution in [2.75, 3.05) is 18.4 Å². The van der Waals surface area contributed by atoms with Crippen LogP contribution in [0.2, 0.25) is 0 Å². The molecule has 2 aliphatic rings. The number of nitrogens with one attached hydrogen (secondary N) is 2. The Morgan fingerprint density at radius 3 is 2.50 bits per heavy atom. The van der Waals surface area contributed by atoms with E-state index >= 15 is 0 Å². The van der Waals surface area contributed by atoms with Crippen LogP contribution in [0.15, 0.2) is 96.2 Å². The lowest BCUT2D eigenvalue weighted by molar-refractivity contribution is 0.331. The number of phenolic OH excluding ortho intramolecular Hbond substituents is 1. The van der Waals surface area contributed by atoms with Crippen LogP contribution in [0.5, 0.6) is 5.75 Å². The number of hydrogen-bond acceptors (Lipinski definition) is 5. The van der Waals surface area contributed by atoms with Crippen molar-refractivity contribution in [3.8, 4) is 5.75 Å². The Bertz CT molecular complexity index is 1200. The second-order valence-electron chi connectivity index (χ2n) is 9.73. The molecule has 1 saturated heterocycles. The molecule has 0 spiro atoms. The van der Waals surface area contributed by atoms with Gasteiger partial charge in [-0.2, -0.15) is 0 Å². The predicted octanol–water partition coefficient (Wildman–Crippen LogP) is 6.45. The largest absolute Gasteiger partial charge is 0.508 e. The van der Waals surface area contributed by atoms with Crippen molar-refractivity contribution in [2.45, 2.75) is 44.0 Å². The minimum absolute atomic E-state index is 0.207. The Balaban J connectivity index is 1.14. The summed E-state index contributed by atoms with van der Waals surface area (Å²) in [6, 6.07) is 25.0. The summed E-state index contributed by atoms with van der Waals surface area (Å²) < 4.78 is 0. The molecule has 3 N–H and O–H groups in total. The number of benzene rings is 3. The van der Waals surface area contributed by atoms with E-state index in [0.29, 0.717) is 5.75 Å². The van der Waals surface area contributed by atoms with Gasteiger partial charge in [0.05, 0.1) is 16.8 Å². The molecule has 2 heterocycles. The van der Waals surface area contributed by atoms with E-state index in [4.69, 9.17) is 0 Å². The average molecular weight is 498 g/mol. The molecule has 0 aliphatic carbocycles. The molecule has 5 rings (SSSR count). The van der Waals surface area contributed by atoms with Crippen molar-refractivity contribution >= 4 is 17.4 Å². The third-order valence-electron chi connectivity index (χ3n) is 6.97. The van der Waals surface area contributed by atoms with E-state index in [2.05, 4.69) is 88.2 Å². The fraction of sp³-hybridized carbons (Fsp3) is 0.290. The van der Waals surface area contributed by atoms with E-state index < -0.39 is 0 Å². The van der Waals surface area contributed by atoms with Gasteiger partial charge in [-0.05, 0) is 90.7 Å². The van der Waals surface area contributed by atoms with Gasteiger partial charge < -0.3 is 15.7 Å². The van der Waals surface area contributed by atoms with E-state index in [1.807, 2.05) is 6.07 Å². The van der Waals surface area contributed by atoms with Gasteiger partial charge in [-0.1, -0.05) is 55.1 Å². The van der Waals surface area contributed by atoms with E-state index in [-0.39, 0.29) is 5.37 Å². The highest BCUT2D eigenvalue weighted by molar-refractivity contribution is 8.03. The van der Waals surface area contributed by atoms with Crippen molar-refractivity contribution in [2.24, 2.45) is 0 Å². The summed E-state index contributed by atoms with van der Waals surface area (Å²) in [5.74, 6) is 0.323. The Labute approximate surface area is 219 Å². The van der Waals surface area contributed by atoms with Crippen molar-refractivity contribution < 1.29 is 5.11 Å². The number of anilines is 1. The van der Waals surface area contributed by atoms with Gasteiger partial charge in [-0.3, -0.25) is 4.90 Å². The maximum absolute atomic E-state index is 10.1. The molecule has 0 aromatic heterocycles. The van der Waals surface area contributed by atoms with Crippen LogP contribution in [-0.4, -0.2) is 28.5 Å². The minimum Gasteiger partial charge on any atom is -0.508 e. The lowest BCUT2D eigenvalue weighted by atomic mass is 9.97.